The Balaban J connectivity index is 2.04. The molecule has 0 fully saturated rings. The third-order valence-electron chi connectivity index (χ3n) is 7.66. The van der Waals surface area contributed by atoms with Crippen LogP contribution in [0.5, 0.6) is 0 Å². The van der Waals surface area contributed by atoms with E-state index in [9.17, 15) is 8.42 Å². The van der Waals surface area contributed by atoms with Crippen LogP contribution >= 0.6 is 0 Å². The summed E-state index contributed by atoms with van der Waals surface area (Å²) >= 11 is -5.65. The van der Waals surface area contributed by atoms with Crippen LogP contribution in [-0.4, -0.2) is 26.2 Å². The summed E-state index contributed by atoms with van der Waals surface area (Å²) in [5.41, 5.74) is 5.36. The minimum absolute atomic E-state index is 0.148. The van der Waals surface area contributed by atoms with E-state index >= 15 is 0 Å². The van der Waals surface area contributed by atoms with E-state index in [2.05, 4.69) is 97.1 Å². The Morgan fingerprint density at radius 1 is 0.400 bits per heavy atom. The topological polar surface area (TPSA) is 43.4 Å². The van der Waals surface area contributed by atoms with Gasteiger partial charge in [0, 0.05) is 0 Å². The number of benzene rings is 5. The van der Waals surface area contributed by atoms with E-state index in [-0.39, 0.29) is 4.90 Å². The van der Waals surface area contributed by atoms with Gasteiger partial charge >= 0.3 is 242 Å². The average molecular weight is 657 g/mol. The van der Waals surface area contributed by atoms with Crippen molar-refractivity contribution in [2.75, 3.05) is 0 Å². The summed E-state index contributed by atoms with van der Waals surface area (Å²) in [6.07, 6.45) is 0. The molecule has 5 aromatic carbocycles. The van der Waals surface area contributed by atoms with E-state index in [1.165, 1.54) is 0 Å². The molecule has 5 heteroatoms. The second-order valence-corrected chi connectivity index (χ2v) is 25.3. The Morgan fingerprint density at radius 3 is 0.875 bits per heavy atom. The van der Waals surface area contributed by atoms with Gasteiger partial charge in [-0.25, -0.2) is 0 Å². The zero-order valence-corrected chi connectivity index (χ0v) is 27.0. The van der Waals surface area contributed by atoms with Gasteiger partial charge < -0.3 is 0 Å². The number of aryl methyl sites for hydroxylation is 5. The zero-order valence-electron chi connectivity index (χ0n) is 23.6. The molecular weight excluding hydrogens is 622 g/mol. The monoisotopic (exact) mass is 656 g/mol. The fourth-order valence-corrected chi connectivity index (χ4v) is 27.0. The van der Waals surface area contributed by atoms with Crippen LogP contribution in [0.25, 0.3) is 0 Å². The van der Waals surface area contributed by atoms with Crippen molar-refractivity contribution in [1.29, 1.82) is 0 Å². The van der Waals surface area contributed by atoms with E-state index in [0.717, 1.165) is 41.9 Å². The fourth-order valence-electron chi connectivity index (χ4n) is 5.33. The average Bonchev–Trinajstić information content (AvgIpc) is 2.94. The molecule has 0 unspecified atom stereocenters. The standard InChI is InChI=1S/C7H8O3S.4C7H7.Sb/c1-6-2-4-7(5-3-6)11(8,9)10;4*1-7-5-3-2-4-6-7;/h2-5H,1H3,(H,8,9,10);4*3-6H,1H3;/q;;;;;+1/p-1. The summed E-state index contributed by atoms with van der Waals surface area (Å²) in [6, 6.07) is 39.9. The van der Waals surface area contributed by atoms with Crippen molar-refractivity contribution in [1.82, 2.24) is 0 Å². The predicted molar refractivity (Wildman–Crippen MR) is 168 cm³/mol. The molecule has 0 radical (unpaired) electrons. The molecule has 0 heterocycles. The van der Waals surface area contributed by atoms with Gasteiger partial charge in [0.15, 0.2) is 0 Å². The molecule has 0 aliphatic carbocycles. The van der Waals surface area contributed by atoms with Gasteiger partial charge in [0.25, 0.3) is 0 Å². The third-order valence-corrected chi connectivity index (χ3v) is 27.9. The number of hydrogen-bond donors (Lipinski definition) is 0. The van der Waals surface area contributed by atoms with Crippen molar-refractivity contribution in [2.24, 2.45) is 0 Å². The van der Waals surface area contributed by atoms with E-state index < -0.39 is 27.9 Å². The first kappa shape index (κ1) is 28.4. The Labute approximate surface area is 240 Å². The molecule has 0 bridgehead atoms. The molecule has 0 aliphatic rings. The van der Waals surface area contributed by atoms with Crippen molar-refractivity contribution < 1.29 is 10.9 Å². The molecule has 204 valence electrons. The van der Waals surface area contributed by atoms with Crippen molar-refractivity contribution in [3.8, 4) is 0 Å². The number of rotatable bonds is 7. The van der Waals surface area contributed by atoms with E-state index in [1.54, 1.807) is 12.1 Å². The quantitative estimate of drug-likeness (QED) is 0.219. The van der Waals surface area contributed by atoms with E-state index in [0.29, 0.717) is 0 Å². The molecule has 5 rings (SSSR count). The van der Waals surface area contributed by atoms with E-state index in [4.69, 9.17) is 2.46 Å². The summed E-state index contributed by atoms with van der Waals surface area (Å²) in [6.45, 7) is 10.1. The van der Waals surface area contributed by atoms with Gasteiger partial charge in [-0.15, -0.1) is 0 Å². The molecule has 40 heavy (non-hydrogen) atoms. The Hall–Kier alpha value is -3.17. The van der Waals surface area contributed by atoms with Crippen LogP contribution in [0.2, 0.25) is 0 Å². The van der Waals surface area contributed by atoms with Gasteiger partial charge in [0.1, 0.15) is 0 Å². The van der Waals surface area contributed by atoms with Crippen LogP contribution in [0.4, 0.5) is 0 Å². The molecule has 5 aromatic rings. The van der Waals surface area contributed by atoms with Crippen LogP contribution in [-0.2, 0) is 12.6 Å². The summed E-state index contributed by atoms with van der Waals surface area (Å²) in [5, 5.41) is 0. The summed E-state index contributed by atoms with van der Waals surface area (Å²) in [5.74, 6) is 0. The van der Waals surface area contributed by atoms with Crippen LogP contribution in [0.15, 0.2) is 126 Å². The van der Waals surface area contributed by atoms with Gasteiger partial charge in [-0.1, -0.05) is 0 Å². The van der Waals surface area contributed by atoms with Crippen LogP contribution < -0.4 is 14.0 Å². The second-order valence-electron chi connectivity index (χ2n) is 10.7. The first-order valence-electron chi connectivity index (χ1n) is 13.4. The molecule has 0 saturated carbocycles. The SMILES string of the molecule is Cc1ccc(S(=O)(=O)[O][Sb]([c]2ccc(C)cc2)([c]2ccc(C)cc2)([c]2ccc(C)cc2)[c]2ccc(C)cc2)cc1. The van der Waals surface area contributed by atoms with Gasteiger partial charge in [0.05, 0.1) is 0 Å². The fraction of sp³-hybridized carbons (Fsp3) is 0.143. The Morgan fingerprint density at radius 2 is 0.625 bits per heavy atom. The summed E-state index contributed by atoms with van der Waals surface area (Å²) in [7, 11) is -4.24. The molecular formula is C35H35O3SSb. The Bertz CT molecular complexity index is 1540. The van der Waals surface area contributed by atoms with Crippen LogP contribution in [0, 0.1) is 34.6 Å². The second kappa shape index (κ2) is 10.7. The van der Waals surface area contributed by atoms with Gasteiger partial charge in [-0.3, -0.25) is 0 Å². The maximum absolute atomic E-state index is 14.6. The molecule has 0 aromatic heterocycles. The van der Waals surface area contributed by atoms with Crippen molar-refractivity contribution >= 4 is 42.0 Å². The molecule has 0 spiro atoms. The third kappa shape index (κ3) is 4.73. The molecule has 0 atom stereocenters. The van der Waals surface area contributed by atoms with Crippen molar-refractivity contribution in [2.45, 2.75) is 39.5 Å². The van der Waals surface area contributed by atoms with Crippen molar-refractivity contribution in [3.63, 3.8) is 0 Å². The van der Waals surface area contributed by atoms with Gasteiger partial charge in [-0.2, -0.15) is 0 Å². The van der Waals surface area contributed by atoms with E-state index in [1.807, 2.05) is 46.8 Å². The normalized spacial score (nSPS) is 13.0. The molecule has 0 N–H and O–H groups in total. The Kier molecular flexibility index (Phi) is 7.56. The van der Waals surface area contributed by atoms with Crippen molar-refractivity contribution in [3.05, 3.63) is 149 Å². The van der Waals surface area contributed by atoms with Gasteiger partial charge in [0.2, 0.25) is 0 Å². The van der Waals surface area contributed by atoms with Crippen LogP contribution in [0.1, 0.15) is 27.8 Å². The summed E-state index contributed by atoms with van der Waals surface area (Å²) in [4.78, 5) is 0.148. The predicted octanol–water partition coefficient (Wildman–Crippen LogP) is 5.46. The van der Waals surface area contributed by atoms with Gasteiger partial charge in [-0.05, 0) is 0 Å². The molecule has 0 saturated heterocycles. The minimum atomic E-state index is -5.65. The molecule has 0 aliphatic heterocycles. The maximum atomic E-state index is 14.6. The van der Waals surface area contributed by atoms with Crippen LogP contribution in [0.3, 0.4) is 0 Å². The summed E-state index contributed by atoms with van der Waals surface area (Å²) < 4.78 is 39.8. The first-order valence-corrected chi connectivity index (χ1v) is 20.9. The first-order chi connectivity index (χ1) is 19.0. The molecule has 0 amide bonds. The molecule has 3 nitrogen and oxygen atoms in total. The zero-order chi connectivity index (χ0) is 28.6. The number of hydrogen-bond acceptors (Lipinski definition) is 3.